The first-order chi connectivity index (χ1) is 1.41. The fraction of sp³-hybridized carbons (Fsp3) is 0. The minimum absolute atomic E-state index is 0. The third kappa shape index (κ3) is 22.1. The molecule has 0 aliphatic carbocycles. The maximum atomic E-state index is 4.26. The predicted molar refractivity (Wildman–Crippen MR) is 31.3 cm³/mol. The molecule has 0 aromatic heterocycles. The van der Waals surface area contributed by atoms with Crippen LogP contribution in [-0.2, 0) is 3.84 Å². The van der Waals surface area contributed by atoms with Gasteiger partial charge < -0.3 is 0 Å². The fourth-order valence-electron chi connectivity index (χ4n) is 0. The van der Waals surface area contributed by atoms with Crippen molar-refractivity contribution in [2.24, 2.45) is 0 Å². The second kappa shape index (κ2) is 16.3. The van der Waals surface area contributed by atoms with Gasteiger partial charge in [-0.2, -0.15) is 3.84 Å². The molecular formula is H5Cl2OPbSb. The zero-order valence-corrected chi connectivity index (χ0v) is 13.6. The van der Waals surface area contributed by atoms with Gasteiger partial charge in [0, 0.05) is 0 Å². The normalized spacial score (nSPS) is 3.60. The van der Waals surface area contributed by atoms with Crippen LogP contribution in [0.25, 0.3) is 0 Å². The van der Waals surface area contributed by atoms with Gasteiger partial charge in [-0.3, -0.25) is 0 Å². The SMILES string of the molecule is ClOCl.[PbH2].[SbH3]. The third-order valence-corrected chi connectivity index (χ3v) is 0. The van der Waals surface area contributed by atoms with Crippen molar-refractivity contribution in [1.82, 2.24) is 0 Å². The molecule has 0 N–H and O–H groups in total. The Balaban J connectivity index is -0.0000000200. The molecule has 0 atom stereocenters. The van der Waals surface area contributed by atoms with E-state index in [1.165, 1.54) is 0 Å². The molecule has 0 fully saturated rings. The van der Waals surface area contributed by atoms with E-state index in [1.54, 1.807) is 0 Å². The van der Waals surface area contributed by atoms with Crippen LogP contribution in [0.5, 0.6) is 0 Å². The van der Waals surface area contributed by atoms with E-state index in [-0.39, 0.29) is 51.7 Å². The van der Waals surface area contributed by atoms with E-state index in [9.17, 15) is 0 Å². The summed E-state index contributed by atoms with van der Waals surface area (Å²) in [6.07, 6.45) is 0. The molecule has 0 aliphatic heterocycles. The van der Waals surface area contributed by atoms with Crippen LogP contribution >= 0.6 is 23.7 Å². The summed E-state index contributed by atoms with van der Waals surface area (Å²) in [4.78, 5) is 0. The van der Waals surface area contributed by atoms with Crippen molar-refractivity contribution >= 4 is 75.5 Å². The number of hydrogen-bond donors (Lipinski definition) is 0. The van der Waals surface area contributed by atoms with E-state index in [1.807, 2.05) is 0 Å². The molecule has 2 radical (unpaired) electrons. The maximum absolute atomic E-state index is 4.26. The molecule has 0 saturated carbocycles. The first-order valence-corrected chi connectivity index (χ1v) is 0.926. The molecule has 0 heterocycles. The zero-order valence-electron chi connectivity index (χ0n) is 2.58. The minimum atomic E-state index is 0. The number of halogens is 2. The summed E-state index contributed by atoms with van der Waals surface area (Å²) in [6.45, 7) is 0. The topological polar surface area (TPSA) is 9.23 Å². The van der Waals surface area contributed by atoms with Crippen molar-refractivity contribution in [3.63, 3.8) is 0 Å². The Kier molecular flexibility index (Phi) is 51.0. The van der Waals surface area contributed by atoms with E-state index in [2.05, 4.69) is 27.6 Å². The summed E-state index contributed by atoms with van der Waals surface area (Å²) in [7, 11) is 0. The zero-order chi connectivity index (χ0) is 2.71. The quantitative estimate of drug-likeness (QED) is 0.467. The van der Waals surface area contributed by atoms with E-state index in [4.69, 9.17) is 0 Å². The molecule has 0 amide bonds. The van der Waals surface area contributed by atoms with Crippen LogP contribution in [0.4, 0.5) is 0 Å². The van der Waals surface area contributed by atoms with Crippen molar-refractivity contribution in [1.29, 1.82) is 0 Å². The van der Waals surface area contributed by atoms with Crippen LogP contribution in [-0.4, -0.2) is 51.7 Å². The molecule has 0 spiro atoms. The van der Waals surface area contributed by atoms with Gasteiger partial charge in [-0.15, -0.1) is 0 Å². The monoisotopic (exact) mass is 420 g/mol. The molecule has 5 heteroatoms. The van der Waals surface area contributed by atoms with Gasteiger partial charge in [-0.1, -0.05) is 0 Å². The van der Waals surface area contributed by atoms with Crippen LogP contribution in [0, 0.1) is 0 Å². The van der Waals surface area contributed by atoms with E-state index < -0.39 is 0 Å². The van der Waals surface area contributed by atoms with Crippen LogP contribution < -0.4 is 0 Å². The standard InChI is InChI=1S/Cl2O.Pb.Sb.5H/c1-3-2;;;;;;;. The molecule has 0 aliphatic rings. The first-order valence-electron chi connectivity index (χ1n) is 0.309. The second-order valence-electron chi connectivity index (χ2n) is 0.0583. The van der Waals surface area contributed by atoms with Gasteiger partial charge in [0.15, 0.2) is 0 Å². The summed E-state index contributed by atoms with van der Waals surface area (Å²) >= 11 is 8.53. The van der Waals surface area contributed by atoms with Gasteiger partial charge in [-0.25, -0.2) is 0 Å². The van der Waals surface area contributed by atoms with Crippen molar-refractivity contribution in [3.8, 4) is 0 Å². The summed E-state index contributed by atoms with van der Waals surface area (Å²) in [6, 6.07) is 0. The van der Waals surface area contributed by atoms with Crippen LogP contribution in [0.2, 0.25) is 0 Å². The van der Waals surface area contributed by atoms with Crippen LogP contribution in [0.3, 0.4) is 0 Å². The Bertz CT molecular complexity index is 9.61. The molecule has 0 bridgehead atoms. The van der Waals surface area contributed by atoms with Gasteiger partial charge in [-0.05, 0) is 0 Å². The molecule has 0 unspecified atom stereocenters. The average molecular weight is 421 g/mol. The molecule has 0 aromatic carbocycles. The van der Waals surface area contributed by atoms with Crippen molar-refractivity contribution < 1.29 is 3.84 Å². The van der Waals surface area contributed by atoms with Crippen LogP contribution in [0.1, 0.15) is 0 Å². The Morgan fingerprint density at radius 3 is 1.20 bits per heavy atom. The molecule has 5 heavy (non-hydrogen) atoms. The number of hydrogen-bond acceptors (Lipinski definition) is 1. The Hall–Kier alpha value is 2.28. The fourth-order valence-corrected chi connectivity index (χ4v) is 0. The Morgan fingerprint density at radius 2 is 1.20 bits per heavy atom. The molecule has 0 aromatic rings. The molecule has 0 saturated heterocycles. The number of rotatable bonds is 0. The average Bonchev–Trinajstić information content (AvgIpc) is 0.918. The van der Waals surface area contributed by atoms with Gasteiger partial charge in [0.25, 0.3) is 0 Å². The van der Waals surface area contributed by atoms with Crippen molar-refractivity contribution in [2.45, 2.75) is 0 Å². The Morgan fingerprint density at radius 1 is 1.20 bits per heavy atom. The molecule has 1 nitrogen and oxygen atoms in total. The van der Waals surface area contributed by atoms with Gasteiger partial charge in [0.2, 0.25) is 0 Å². The van der Waals surface area contributed by atoms with Crippen LogP contribution in [0.15, 0.2) is 0 Å². The van der Waals surface area contributed by atoms with Crippen molar-refractivity contribution in [3.05, 3.63) is 0 Å². The molecule has 0 rings (SSSR count). The van der Waals surface area contributed by atoms with E-state index in [0.717, 1.165) is 0 Å². The summed E-state index contributed by atoms with van der Waals surface area (Å²) in [5.41, 5.74) is 0. The summed E-state index contributed by atoms with van der Waals surface area (Å²) in [5, 5.41) is 0. The predicted octanol–water partition coefficient (Wildman–Crippen LogP) is -0.790. The van der Waals surface area contributed by atoms with Gasteiger partial charge in [0.1, 0.15) is 0 Å². The Labute approximate surface area is 78.3 Å². The third-order valence-electron chi connectivity index (χ3n) is 0. The summed E-state index contributed by atoms with van der Waals surface area (Å²) < 4.78 is 3.19. The van der Waals surface area contributed by atoms with Gasteiger partial charge in [0.05, 0.1) is 23.7 Å². The first kappa shape index (κ1) is 15.7. The van der Waals surface area contributed by atoms with E-state index in [0.29, 0.717) is 0 Å². The molecular weight excluding hydrogens is 416 g/mol. The second-order valence-corrected chi connectivity index (χ2v) is 0.525. The van der Waals surface area contributed by atoms with Crippen molar-refractivity contribution in [2.75, 3.05) is 0 Å². The summed E-state index contributed by atoms with van der Waals surface area (Å²) in [5.74, 6) is 0. The van der Waals surface area contributed by atoms with Gasteiger partial charge >= 0.3 is 51.7 Å². The molecule has 34 valence electrons. The van der Waals surface area contributed by atoms with E-state index >= 15 is 0 Å².